The van der Waals surface area contributed by atoms with Crippen LogP contribution in [0.3, 0.4) is 0 Å². The minimum atomic E-state index is -0.418. The zero-order chi connectivity index (χ0) is 13.3. The van der Waals surface area contributed by atoms with Gasteiger partial charge >= 0.3 is 0 Å². The third-order valence-electron chi connectivity index (χ3n) is 3.29. The lowest BCUT2D eigenvalue weighted by Gasteiger charge is -2.30. The molecule has 0 fully saturated rings. The number of hydrogen-bond donors (Lipinski definition) is 2. The Bertz CT molecular complexity index is 445. The van der Waals surface area contributed by atoms with E-state index in [1.54, 1.807) is 7.11 Å². The van der Waals surface area contributed by atoms with Gasteiger partial charge in [0.1, 0.15) is 0 Å². The quantitative estimate of drug-likeness (QED) is 0.849. The third-order valence-corrected chi connectivity index (χ3v) is 3.29. The minimum absolute atomic E-state index is 0.00488. The standard InChI is InChI=1S/C13H19NO4/c1-13(2,6-15)12(14)8-4-9(16-3)11-10(5-8)17-7-18-11/h4-5,12,15H,6-7,14H2,1-3H3/t12-/m0/s1. The van der Waals surface area contributed by atoms with Crippen LogP contribution < -0.4 is 19.9 Å². The van der Waals surface area contributed by atoms with Gasteiger partial charge in [-0.15, -0.1) is 0 Å². The van der Waals surface area contributed by atoms with Crippen molar-refractivity contribution in [2.24, 2.45) is 11.1 Å². The number of aliphatic hydroxyl groups is 1. The van der Waals surface area contributed by atoms with Crippen molar-refractivity contribution in [2.45, 2.75) is 19.9 Å². The molecule has 1 atom stereocenters. The van der Waals surface area contributed by atoms with Crippen molar-refractivity contribution in [3.63, 3.8) is 0 Å². The second-order valence-corrected chi connectivity index (χ2v) is 5.08. The summed E-state index contributed by atoms with van der Waals surface area (Å²) < 4.78 is 16.0. The largest absolute Gasteiger partial charge is 0.493 e. The fraction of sp³-hybridized carbons (Fsp3) is 0.538. The smallest absolute Gasteiger partial charge is 0.231 e. The highest BCUT2D eigenvalue weighted by Crippen LogP contribution is 2.44. The summed E-state index contributed by atoms with van der Waals surface area (Å²) in [7, 11) is 1.57. The summed E-state index contributed by atoms with van der Waals surface area (Å²) in [6.45, 7) is 4.02. The number of aliphatic hydroxyl groups excluding tert-OH is 1. The van der Waals surface area contributed by atoms with Crippen molar-refractivity contribution < 1.29 is 19.3 Å². The SMILES string of the molecule is COc1cc([C@H](N)C(C)(C)CO)cc2c1OCO2. The van der Waals surface area contributed by atoms with Crippen molar-refractivity contribution in [2.75, 3.05) is 20.5 Å². The van der Waals surface area contributed by atoms with E-state index in [1.165, 1.54) is 0 Å². The maximum atomic E-state index is 9.38. The van der Waals surface area contributed by atoms with Crippen LogP contribution in [0.2, 0.25) is 0 Å². The van der Waals surface area contributed by atoms with Crippen molar-refractivity contribution >= 4 is 0 Å². The Labute approximate surface area is 106 Å². The van der Waals surface area contributed by atoms with E-state index in [9.17, 15) is 5.11 Å². The molecule has 0 amide bonds. The zero-order valence-electron chi connectivity index (χ0n) is 10.9. The first kappa shape index (κ1) is 13.0. The van der Waals surface area contributed by atoms with Gasteiger partial charge in [0.15, 0.2) is 11.5 Å². The molecule has 0 aliphatic carbocycles. The predicted molar refractivity (Wildman–Crippen MR) is 66.9 cm³/mol. The lowest BCUT2D eigenvalue weighted by Crippen LogP contribution is -2.32. The average molecular weight is 253 g/mol. The van der Waals surface area contributed by atoms with Crippen LogP contribution in [0.25, 0.3) is 0 Å². The van der Waals surface area contributed by atoms with Gasteiger partial charge in [0, 0.05) is 18.1 Å². The molecule has 1 aliphatic rings. The summed E-state index contributed by atoms with van der Waals surface area (Å²) in [5.41, 5.74) is 6.63. The zero-order valence-corrected chi connectivity index (χ0v) is 10.9. The molecule has 0 bridgehead atoms. The predicted octanol–water partition coefficient (Wildman–Crippen LogP) is 1.44. The lowest BCUT2D eigenvalue weighted by molar-refractivity contribution is 0.132. The van der Waals surface area contributed by atoms with Gasteiger partial charge in [-0.1, -0.05) is 13.8 Å². The van der Waals surface area contributed by atoms with Crippen molar-refractivity contribution in [1.29, 1.82) is 0 Å². The van der Waals surface area contributed by atoms with Gasteiger partial charge in [-0.3, -0.25) is 0 Å². The molecule has 0 aromatic heterocycles. The molecule has 0 unspecified atom stereocenters. The lowest BCUT2D eigenvalue weighted by atomic mass is 9.81. The molecule has 100 valence electrons. The van der Waals surface area contributed by atoms with Gasteiger partial charge in [0.25, 0.3) is 0 Å². The van der Waals surface area contributed by atoms with Crippen LogP contribution in [0.5, 0.6) is 17.2 Å². The number of ether oxygens (including phenoxy) is 3. The molecule has 3 N–H and O–H groups in total. The Morgan fingerprint density at radius 2 is 2.17 bits per heavy atom. The summed E-state index contributed by atoms with van der Waals surface area (Å²) in [5.74, 6) is 1.84. The molecule has 0 radical (unpaired) electrons. The van der Waals surface area contributed by atoms with Gasteiger partial charge in [-0.25, -0.2) is 0 Å². The van der Waals surface area contributed by atoms with Gasteiger partial charge in [-0.05, 0) is 17.7 Å². The molecule has 1 heterocycles. The molecule has 5 nitrogen and oxygen atoms in total. The second-order valence-electron chi connectivity index (χ2n) is 5.08. The molecule has 5 heteroatoms. The number of methoxy groups -OCH3 is 1. The highest BCUT2D eigenvalue weighted by atomic mass is 16.7. The first-order valence-electron chi connectivity index (χ1n) is 5.83. The van der Waals surface area contributed by atoms with E-state index in [1.807, 2.05) is 26.0 Å². The third kappa shape index (κ3) is 2.11. The maximum absolute atomic E-state index is 9.38. The summed E-state index contributed by atoms with van der Waals surface area (Å²) in [4.78, 5) is 0. The summed E-state index contributed by atoms with van der Waals surface area (Å²) in [6, 6.07) is 3.36. The monoisotopic (exact) mass is 253 g/mol. The molecular weight excluding hydrogens is 234 g/mol. The van der Waals surface area contributed by atoms with E-state index in [0.717, 1.165) is 5.56 Å². The fourth-order valence-corrected chi connectivity index (χ4v) is 1.88. The normalized spacial score (nSPS) is 15.6. The van der Waals surface area contributed by atoms with E-state index < -0.39 is 5.41 Å². The first-order chi connectivity index (χ1) is 8.49. The van der Waals surface area contributed by atoms with E-state index in [-0.39, 0.29) is 19.4 Å². The van der Waals surface area contributed by atoms with Crippen LogP contribution in [0, 0.1) is 5.41 Å². The highest BCUT2D eigenvalue weighted by molar-refractivity contribution is 5.55. The topological polar surface area (TPSA) is 73.9 Å². The maximum Gasteiger partial charge on any atom is 0.231 e. The number of fused-ring (bicyclic) bond motifs is 1. The molecular formula is C13H19NO4. The molecule has 1 aromatic carbocycles. The van der Waals surface area contributed by atoms with Gasteiger partial charge in [-0.2, -0.15) is 0 Å². The molecule has 1 aromatic rings. The van der Waals surface area contributed by atoms with Gasteiger partial charge in [0.2, 0.25) is 12.5 Å². The molecule has 0 spiro atoms. The summed E-state index contributed by atoms with van der Waals surface area (Å²) in [5, 5.41) is 9.38. The molecule has 18 heavy (non-hydrogen) atoms. The highest BCUT2D eigenvalue weighted by Gasteiger charge is 2.30. The van der Waals surface area contributed by atoms with E-state index in [0.29, 0.717) is 17.2 Å². The second kappa shape index (κ2) is 4.66. The van der Waals surface area contributed by atoms with Gasteiger partial charge in [0.05, 0.1) is 7.11 Å². The van der Waals surface area contributed by atoms with E-state index >= 15 is 0 Å². The van der Waals surface area contributed by atoms with Crippen molar-refractivity contribution in [3.05, 3.63) is 17.7 Å². The Kier molecular flexibility index (Phi) is 3.36. The Hall–Kier alpha value is -1.46. The summed E-state index contributed by atoms with van der Waals surface area (Å²) >= 11 is 0. The molecule has 1 aliphatic heterocycles. The molecule has 2 rings (SSSR count). The van der Waals surface area contributed by atoms with E-state index in [4.69, 9.17) is 19.9 Å². The molecule has 0 saturated heterocycles. The average Bonchev–Trinajstić information content (AvgIpc) is 2.84. The number of rotatable bonds is 4. The van der Waals surface area contributed by atoms with Crippen LogP contribution in [-0.2, 0) is 0 Å². The van der Waals surface area contributed by atoms with Crippen LogP contribution in [0.4, 0.5) is 0 Å². The van der Waals surface area contributed by atoms with Crippen LogP contribution in [0.1, 0.15) is 25.5 Å². The van der Waals surface area contributed by atoms with E-state index in [2.05, 4.69) is 0 Å². The molecule has 0 saturated carbocycles. The Morgan fingerprint density at radius 1 is 1.44 bits per heavy atom. The van der Waals surface area contributed by atoms with Crippen molar-refractivity contribution in [1.82, 2.24) is 0 Å². The number of hydrogen-bond acceptors (Lipinski definition) is 5. The Balaban J connectivity index is 2.41. The number of benzene rings is 1. The Morgan fingerprint density at radius 3 is 2.78 bits per heavy atom. The first-order valence-corrected chi connectivity index (χ1v) is 5.83. The van der Waals surface area contributed by atoms with Crippen molar-refractivity contribution in [3.8, 4) is 17.2 Å². The van der Waals surface area contributed by atoms with Crippen LogP contribution in [0.15, 0.2) is 12.1 Å². The van der Waals surface area contributed by atoms with Crippen LogP contribution >= 0.6 is 0 Å². The minimum Gasteiger partial charge on any atom is -0.493 e. The fourth-order valence-electron chi connectivity index (χ4n) is 1.88. The van der Waals surface area contributed by atoms with Crippen LogP contribution in [-0.4, -0.2) is 25.6 Å². The summed E-state index contributed by atoms with van der Waals surface area (Å²) in [6.07, 6.45) is 0. The van der Waals surface area contributed by atoms with Gasteiger partial charge < -0.3 is 25.1 Å². The number of nitrogens with two attached hydrogens (primary N) is 1.